The van der Waals surface area contributed by atoms with Crippen LogP contribution >= 0.6 is 11.8 Å². The van der Waals surface area contributed by atoms with Crippen LogP contribution in [0.15, 0.2) is 58.4 Å². The first-order valence-electron chi connectivity index (χ1n) is 9.18. The largest absolute Gasteiger partial charge is 0.346 e. The maximum Gasteiger partial charge on any atom is 0.257 e. The summed E-state index contributed by atoms with van der Waals surface area (Å²) in [5.41, 5.74) is 3.21. The van der Waals surface area contributed by atoms with Gasteiger partial charge in [0.15, 0.2) is 0 Å². The summed E-state index contributed by atoms with van der Waals surface area (Å²) in [5, 5.41) is 3.62. The molecule has 4 rings (SSSR count). The summed E-state index contributed by atoms with van der Waals surface area (Å²) >= 11 is 1.68. The predicted molar refractivity (Wildman–Crippen MR) is 111 cm³/mol. The first-order valence-corrected chi connectivity index (χ1v) is 10.4. The van der Waals surface area contributed by atoms with Crippen LogP contribution in [0.2, 0.25) is 0 Å². The summed E-state index contributed by atoms with van der Waals surface area (Å²) in [6.07, 6.45) is 5.76. The number of nitrogens with zero attached hydrogens (tertiary/aromatic N) is 1. The third kappa shape index (κ3) is 3.28. The number of carbonyl (C=O) groups excluding carboxylic acids is 1. The van der Waals surface area contributed by atoms with E-state index >= 15 is 0 Å². The zero-order valence-corrected chi connectivity index (χ0v) is 16.3. The number of hydrogen-bond donors (Lipinski definition) is 1. The number of nitrogens with one attached hydrogen (secondary N) is 1. The molecule has 0 saturated carbocycles. The van der Waals surface area contributed by atoms with Gasteiger partial charge in [0.25, 0.3) is 5.91 Å². The van der Waals surface area contributed by atoms with E-state index in [0.717, 1.165) is 30.5 Å². The number of aryl methyl sites for hydroxylation is 2. The molecule has 1 unspecified atom stereocenters. The first-order chi connectivity index (χ1) is 13.1. The van der Waals surface area contributed by atoms with Crippen LogP contribution in [0.5, 0.6) is 0 Å². The Morgan fingerprint density at radius 3 is 2.70 bits per heavy atom. The lowest BCUT2D eigenvalue weighted by Gasteiger charge is -2.21. The average molecular weight is 378 g/mol. The molecule has 2 aromatic carbocycles. The monoisotopic (exact) mass is 378 g/mol. The van der Waals surface area contributed by atoms with Gasteiger partial charge in [0.05, 0.1) is 11.6 Å². The van der Waals surface area contributed by atoms with Gasteiger partial charge in [0, 0.05) is 23.0 Å². The van der Waals surface area contributed by atoms with Crippen molar-refractivity contribution in [1.82, 2.24) is 9.88 Å². The van der Waals surface area contributed by atoms with Gasteiger partial charge < -0.3 is 9.88 Å². The molecular formula is C22H22N2O2S. The molecule has 3 aromatic rings. The van der Waals surface area contributed by atoms with E-state index in [-0.39, 0.29) is 22.9 Å². The minimum Gasteiger partial charge on any atom is -0.346 e. The van der Waals surface area contributed by atoms with Gasteiger partial charge in [-0.15, -0.1) is 11.8 Å². The summed E-state index contributed by atoms with van der Waals surface area (Å²) in [4.78, 5) is 27.0. The van der Waals surface area contributed by atoms with E-state index in [2.05, 4.69) is 16.0 Å². The molecule has 27 heavy (non-hydrogen) atoms. The molecule has 1 aromatic heterocycles. The van der Waals surface area contributed by atoms with Gasteiger partial charge in [-0.3, -0.25) is 9.59 Å². The Balaban J connectivity index is 1.66. The maximum atomic E-state index is 12.9. The summed E-state index contributed by atoms with van der Waals surface area (Å²) in [5.74, 6) is -0.317. The fraction of sp³-hybridized carbons (Fsp3) is 0.273. The second kappa shape index (κ2) is 7.24. The van der Waals surface area contributed by atoms with Crippen molar-refractivity contribution in [1.29, 1.82) is 0 Å². The van der Waals surface area contributed by atoms with Crippen LogP contribution in [0.1, 0.15) is 40.9 Å². The number of para-hydroxylation sites is 1. The molecular weight excluding hydrogens is 356 g/mol. The van der Waals surface area contributed by atoms with Crippen LogP contribution in [0.25, 0.3) is 10.9 Å². The molecule has 5 heteroatoms. The van der Waals surface area contributed by atoms with Crippen LogP contribution < -0.4 is 10.7 Å². The second-order valence-corrected chi connectivity index (χ2v) is 7.83. The third-order valence-electron chi connectivity index (χ3n) is 5.23. The summed E-state index contributed by atoms with van der Waals surface area (Å²) in [6, 6.07) is 13.7. The predicted octanol–water partition coefficient (Wildman–Crippen LogP) is 4.16. The van der Waals surface area contributed by atoms with Gasteiger partial charge in [-0.2, -0.15) is 0 Å². The Hall–Kier alpha value is -2.53. The molecule has 1 aliphatic rings. The van der Waals surface area contributed by atoms with Crippen LogP contribution in [0, 0.1) is 0 Å². The molecule has 0 radical (unpaired) electrons. The smallest absolute Gasteiger partial charge is 0.257 e. The van der Waals surface area contributed by atoms with Gasteiger partial charge in [0.1, 0.15) is 5.56 Å². The molecule has 0 saturated heterocycles. The van der Waals surface area contributed by atoms with Gasteiger partial charge in [-0.1, -0.05) is 24.3 Å². The molecule has 0 aliphatic carbocycles. The minimum atomic E-state index is -0.317. The lowest BCUT2D eigenvalue weighted by atomic mass is 9.99. The van der Waals surface area contributed by atoms with Crippen molar-refractivity contribution < 1.29 is 4.79 Å². The van der Waals surface area contributed by atoms with Crippen LogP contribution in [-0.4, -0.2) is 16.7 Å². The van der Waals surface area contributed by atoms with E-state index in [4.69, 9.17) is 0 Å². The number of benzene rings is 2. The fourth-order valence-corrected chi connectivity index (χ4v) is 4.18. The lowest BCUT2D eigenvalue weighted by Crippen LogP contribution is -2.32. The molecule has 1 N–H and O–H groups in total. The van der Waals surface area contributed by atoms with Crippen LogP contribution in [0.3, 0.4) is 0 Å². The number of hydrogen-bond acceptors (Lipinski definition) is 3. The summed E-state index contributed by atoms with van der Waals surface area (Å²) < 4.78 is 2.06. The van der Waals surface area contributed by atoms with Crippen LogP contribution in [-0.2, 0) is 13.0 Å². The highest BCUT2D eigenvalue weighted by molar-refractivity contribution is 7.98. The molecule has 1 amide bonds. The van der Waals surface area contributed by atoms with E-state index < -0.39 is 0 Å². The lowest BCUT2D eigenvalue weighted by molar-refractivity contribution is 0.0938. The quantitative estimate of drug-likeness (QED) is 0.694. The number of thioether (sulfide) groups is 1. The second-order valence-electron chi connectivity index (χ2n) is 6.95. The first kappa shape index (κ1) is 17.9. The number of aromatic nitrogens is 1. The molecule has 1 atom stereocenters. The van der Waals surface area contributed by atoms with E-state index in [0.29, 0.717) is 5.39 Å². The minimum absolute atomic E-state index is 0.170. The van der Waals surface area contributed by atoms with Crippen LogP contribution in [0.4, 0.5) is 0 Å². The van der Waals surface area contributed by atoms with Crippen molar-refractivity contribution in [2.24, 2.45) is 0 Å². The Kier molecular flexibility index (Phi) is 4.79. The number of carbonyl (C=O) groups is 1. The van der Waals surface area contributed by atoms with Gasteiger partial charge in [0.2, 0.25) is 5.43 Å². The van der Waals surface area contributed by atoms with Crippen molar-refractivity contribution in [2.75, 3.05) is 6.26 Å². The highest BCUT2D eigenvalue weighted by Gasteiger charge is 2.20. The summed E-state index contributed by atoms with van der Waals surface area (Å²) in [7, 11) is 0. The SMILES string of the molecule is CSc1ccc(C(C)NC(=O)c2cn3c4c(cccc4c2=O)CCC3)cc1. The number of rotatable bonds is 4. The van der Waals surface area contributed by atoms with E-state index in [1.807, 2.05) is 49.6 Å². The Morgan fingerprint density at radius 2 is 1.96 bits per heavy atom. The fourth-order valence-electron chi connectivity index (χ4n) is 3.77. The number of amides is 1. The van der Waals surface area contributed by atoms with Crippen molar-refractivity contribution >= 4 is 28.6 Å². The highest BCUT2D eigenvalue weighted by atomic mass is 32.2. The van der Waals surface area contributed by atoms with E-state index in [1.165, 1.54) is 10.5 Å². The van der Waals surface area contributed by atoms with Crippen molar-refractivity contribution in [3.8, 4) is 0 Å². The van der Waals surface area contributed by atoms with Crippen molar-refractivity contribution in [2.45, 2.75) is 37.2 Å². The zero-order valence-electron chi connectivity index (χ0n) is 15.5. The van der Waals surface area contributed by atoms with E-state index in [9.17, 15) is 9.59 Å². The van der Waals surface area contributed by atoms with Crippen molar-refractivity contribution in [3.63, 3.8) is 0 Å². The molecule has 1 aliphatic heterocycles. The molecule has 4 nitrogen and oxygen atoms in total. The van der Waals surface area contributed by atoms with Crippen molar-refractivity contribution in [3.05, 3.63) is 75.6 Å². The average Bonchev–Trinajstić information content (AvgIpc) is 2.70. The highest BCUT2D eigenvalue weighted by Crippen LogP contribution is 2.24. The molecule has 0 bridgehead atoms. The molecule has 0 fully saturated rings. The Labute approximate surface area is 162 Å². The zero-order chi connectivity index (χ0) is 19.0. The third-order valence-corrected chi connectivity index (χ3v) is 5.98. The van der Waals surface area contributed by atoms with Gasteiger partial charge in [-0.05, 0) is 55.3 Å². The standard InChI is InChI=1S/C22H22N2O2S/c1-14(15-8-10-17(27-2)11-9-15)23-22(26)19-13-24-12-4-6-16-5-3-7-18(20(16)24)21(19)25/h3,5,7-11,13-14H,4,6,12H2,1-2H3,(H,23,26). The Bertz CT molecular complexity index is 1070. The Morgan fingerprint density at radius 1 is 1.19 bits per heavy atom. The van der Waals surface area contributed by atoms with E-state index in [1.54, 1.807) is 18.0 Å². The van der Waals surface area contributed by atoms with Gasteiger partial charge in [-0.25, -0.2) is 0 Å². The number of pyridine rings is 1. The molecule has 2 heterocycles. The maximum absolute atomic E-state index is 12.9. The molecule has 138 valence electrons. The molecule has 0 spiro atoms. The summed E-state index contributed by atoms with van der Waals surface area (Å²) in [6.45, 7) is 2.77. The topological polar surface area (TPSA) is 51.1 Å². The van der Waals surface area contributed by atoms with Gasteiger partial charge >= 0.3 is 0 Å². The normalized spacial score (nSPS) is 14.1.